The molecule has 3 N–H and O–H groups in total. The maximum atomic E-state index is 8.33. The maximum Gasteiger partial charge on any atom is 0.231 e. The number of amidine groups is 1. The van der Waals surface area contributed by atoms with Crippen LogP contribution in [0.3, 0.4) is 0 Å². The van der Waals surface area contributed by atoms with E-state index in [0.717, 1.165) is 0 Å². The zero-order chi connectivity index (χ0) is 11.4. The second-order valence-electron chi connectivity index (χ2n) is 3.20. The first-order valence-corrected chi connectivity index (χ1v) is 4.78. The molecule has 1 heterocycles. The summed E-state index contributed by atoms with van der Waals surface area (Å²) in [5.74, 6) is 2.18. The first-order chi connectivity index (χ1) is 7.79. The summed E-state index contributed by atoms with van der Waals surface area (Å²) in [5.41, 5.74) is 5.30. The number of nitrogens with zero attached hydrogens (tertiary/aromatic N) is 1. The zero-order valence-electron chi connectivity index (χ0n) is 8.55. The van der Waals surface area contributed by atoms with Crippen molar-refractivity contribution in [2.24, 2.45) is 10.9 Å². The van der Waals surface area contributed by atoms with Crippen LogP contribution >= 0.6 is 0 Å². The Bertz CT molecular complexity index is 406. The van der Waals surface area contributed by atoms with Gasteiger partial charge < -0.3 is 25.2 Å². The second-order valence-corrected chi connectivity index (χ2v) is 3.20. The lowest BCUT2D eigenvalue weighted by molar-refractivity contribution is 0.173. The van der Waals surface area contributed by atoms with Gasteiger partial charge in [-0.25, -0.2) is 0 Å². The van der Waals surface area contributed by atoms with Gasteiger partial charge in [0, 0.05) is 12.5 Å². The third-order valence-corrected chi connectivity index (χ3v) is 2.10. The van der Waals surface area contributed by atoms with Gasteiger partial charge in [-0.05, 0) is 12.1 Å². The monoisotopic (exact) mass is 224 g/mol. The molecule has 6 heteroatoms. The van der Waals surface area contributed by atoms with Gasteiger partial charge in [-0.1, -0.05) is 5.16 Å². The van der Waals surface area contributed by atoms with Gasteiger partial charge in [0.15, 0.2) is 11.5 Å². The van der Waals surface area contributed by atoms with Crippen LogP contribution in [0.4, 0.5) is 0 Å². The van der Waals surface area contributed by atoms with Crippen molar-refractivity contribution in [3.05, 3.63) is 18.2 Å². The van der Waals surface area contributed by atoms with Gasteiger partial charge in [-0.15, -0.1) is 0 Å². The molecule has 1 aromatic rings. The van der Waals surface area contributed by atoms with Crippen LogP contribution in [-0.4, -0.2) is 24.4 Å². The molecule has 0 atom stereocenters. The van der Waals surface area contributed by atoms with Crippen LogP contribution in [0.2, 0.25) is 0 Å². The lowest BCUT2D eigenvalue weighted by atomic mass is 10.3. The van der Waals surface area contributed by atoms with Crippen molar-refractivity contribution >= 4 is 5.84 Å². The van der Waals surface area contributed by atoms with E-state index in [4.69, 9.17) is 25.2 Å². The van der Waals surface area contributed by atoms with E-state index in [9.17, 15) is 0 Å². The summed E-state index contributed by atoms with van der Waals surface area (Å²) in [6.07, 6.45) is 0.366. The molecule has 16 heavy (non-hydrogen) atoms. The smallest absolute Gasteiger partial charge is 0.231 e. The van der Waals surface area contributed by atoms with E-state index in [0.29, 0.717) is 30.3 Å². The molecular formula is C10H12N2O4. The van der Waals surface area contributed by atoms with E-state index in [1.54, 1.807) is 18.2 Å². The van der Waals surface area contributed by atoms with Crippen molar-refractivity contribution in [2.75, 3.05) is 13.4 Å². The number of rotatable bonds is 4. The van der Waals surface area contributed by atoms with Crippen LogP contribution in [-0.2, 0) is 0 Å². The number of hydrogen-bond acceptors (Lipinski definition) is 5. The maximum absolute atomic E-state index is 8.33. The van der Waals surface area contributed by atoms with E-state index in [2.05, 4.69) is 5.16 Å². The number of nitrogens with two attached hydrogens (primary N) is 1. The minimum absolute atomic E-state index is 0.140. The molecule has 0 aromatic heterocycles. The molecule has 1 aromatic carbocycles. The number of benzene rings is 1. The fraction of sp³-hybridized carbons (Fsp3) is 0.300. The Morgan fingerprint density at radius 3 is 3.06 bits per heavy atom. The van der Waals surface area contributed by atoms with Gasteiger partial charge in [0.25, 0.3) is 0 Å². The van der Waals surface area contributed by atoms with Crippen LogP contribution in [0.1, 0.15) is 6.42 Å². The number of hydrogen-bond donors (Lipinski definition) is 2. The third kappa shape index (κ3) is 2.28. The third-order valence-electron chi connectivity index (χ3n) is 2.10. The molecule has 0 spiro atoms. The minimum atomic E-state index is 0.140. The molecule has 0 unspecified atom stereocenters. The van der Waals surface area contributed by atoms with Crippen LogP contribution in [0, 0.1) is 0 Å². The van der Waals surface area contributed by atoms with E-state index in [-0.39, 0.29) is 12.6 Å². The van der Waals surface area contributed by atoms with Crippen molar-refractivity contribution in [2.45, 2.75) is 6.42 Å². The van der Waals surface area contributed by atoms with Crippen molar-refractivity contribution in [3.63, 3.8) is 0 Å². The summed E-state index contributed by atoms with van der Waals surface area (Å²) in [6.45, 7) is 0.582. The Hall–Kier alpha value is -2.11. The average molecular weight is 224 g/mol. The topological polar surface area (TPSA) is 86.3 Å². The summed E-state index contributed by atoms with van der Waals surface area (Å²) >= 11 is 0. The summed E-state index contributed by atoms with van der Waals surface area (Å²) < 4.78 is 15.8. The van der Waals surface area contributed by atoms with Crippen molar-refractivity contribution < 1.29 is 19.4 Å². The molecule has 0 amide bonds. The van der Waals surface area contributed by atoms with Gasteiger partial charge in [0.05, 0.1) is 6.61 Å². The Morgan fingerprint density at radius 2 is 2.25 bits per heavy atom. The molecule has 6 nitrogen and oxygen atoms in total. The van der Waals surface area contributed by atoms with Crippen LogP contribution < -0.4 is 19.9 Å². The lowest BCUT2D eigenvalue weighted by Gasteiger charge is -2.05. The predicted molar refractivity (Wildman–Crippen MR) is 56.1 cm³/mol. The highest BCUT2D eigenvalue weighted by molar-refractivity contribution is 5.79. The summed E-state index contributed by atoms with van der Waals surface area (Å²) in [7, 11) is 0. The van der Waals surface area contributed by atoms with Crippen LogP contribution in [0.5, 0.6) is 17.2 Å². The second kappa shape index (κ2) is 4.61. The molecule has 0 bridgehead atoms. The summed E-state index contributed by atoms with van der Waals surface area (Å²) in [5, 5.41) is 11.2. The number of oxime groups is 1. The Balaban J connectivity index is 1.90. The SMILES string of the molecule is N/C(CCOc1ccc2c(c1)OCO2)=N\O. The van der Waals surface area contributed by atoms with Crippen LogP contribution in [0.15, 0.2) is 23.4 Å². The van der Waals surface area contributed by atoms with E-state index in [1.807, 2.05) is 0 Å². The van der Waals surface area contributed by atoms with Gasteiger partial charge >= 0.3 is 0 Å². The number of ether oxygens (including phenoxy) is 3. The summed E-state index contributed by atoms with van der Waals surface area (Å²) in [6, 6.07) is 5.30. The Kier molecular flexibility index (Phi) is 3.00. The standard InChI is InChI=1S/C10H12N2O4/c11-10(12-13)3-4-14-7-1-2-8-9(5-7)16-6-15-8/h1-2,5,13H,3-4,6H2,(H2,11,12). The molecule has 0 radical (unpaired) electrons. The minimum Gasteiger partial charge on any atom is -0.493 e. The van der Waals surface area contributed by atoms with Crippen molar-refractivity contribution in [3.8, 4) is 17.2 Å². The van der Waals surface area contributed by atoms with Gasteiger partial charge in [0.2, 0.25) is 6.79 Å². The quantitative estimate of drug-likeness (QED) is 0.344. The van der Waals surface area contributed by atoms with Gasteiger partial charge in [-0.3, -0.25) is 0 Å². The normalized spacial score (nSPS) is 13.9. The van der Waals surface area contributed by atoms with Crippen molar-refractivity contribution in [1.82, 2.24) is 0 Å². The molecular weight excluding hydrogens is 212 g/mol. The van der Waals surface area contributed by atoms with Gasteiger partial charge in [-0.2, -0.15) is 0 Å². The highest BCUT2D eigenvalue weighted by Gasteiger charge is 2.13. The van der Waals surface area contributed by atoms with E-state index in [1.165, 1.54) is 0 Å². The molecule has 0 saturated heterocycles. The molecule has 0 fully saturated rings. The Morgan fingerprint density at radius 1 is 1.44 bits per heavy atom. The Labute approximate surface area is 92.2 Å². The highest BCUT2D eigenvalue weighted by atomic mass is 16.7. The number of fused-ring (bicyclic) bond motifs is 1. The van der Waals surface area contributed by atoms with E-state index >= 15 is 0 Å². The molecule has 0 saturated carbocycles. The molecule has 0 aliphatic carbocycles. The predicted octanol–water partition coefficient (Wildman–Crippen LogP) is 0.931. The average Bonchev–Trinajstić information content (AvgIpc) is 2.76. The van der Waals surface area contributed by atoms with Gasteiger partial charge in [0.1, 0.15) is 11.6 Å². The lowest BCUT2D eigenvalue weighted by Crippen LogP contribution is -2.15. The first kappa shape index (κ1) is 10.4. The molecule has 86 valence electrons. The first-order valence-electron chi connectivity index (χ1n) is 4.78. The zero-order valence-corrected chi connectivity index (χ0v) is 8.55. The van der Waals surface area contributed by atoms with E-state index < -0.39 is 0 Å². The largest absolute Gasteiger partial charge is 0.493 e. The fourth-order valence-corrected chi connectivity index (χ4v) is 1.29. The molecule has 1 aliphatic heterocycles. The molecule has 1 aliphatic rings. The molecule has 2 rings (SSSR count). The van der Waals surface area contributed by atoms with Crippen molar-refractivity contribution in [1.29, 1.82) is 0 Å². The highest BCUT2D eigenvalue weighted by Crippen LogP contribution is 2.34. The summed E-state index contributed by atoms with van der Waals surface area (Å²) in [4.78, 5) is 0. The van der Waals surface area contributed by atoms with Crippen LogP contribution in [0.25, 0.3) is 0 Å². The fourth-order valence-electron chi connectivity index (χ4n) is 1.29.